The van der Waals surface area contributed by atoms with Crippen molar-refractivity contribution < 1.29 is 23.4 Å². The van der Waals surface area contributed by atoms with Gasteiger partial charge in [0, 0.05) is 0 Å². The normalized spacial score (nSPS) is 12.2. The van der Waals surface area contributed by atoms with Crippen LogP contribution in [-0.2, 0) is 4.79 Å². The molecule has 1 aromatic rings. The molecule has 0 saturated heterocycles. The van der Waals surface area contributed by atoms with Gasteiger partial charge in [0.2, 0.25) is 5.82 Å². The molecule has 1 unspecified atom stereocenters. The van der Waals surface area contributed by atoms with Crippen LogP contribution in [0.2, 0.25) is 0 Å². The van der Waals surface area contributed by atoms with Gasteiger partial charge in [-0.25, -0.2) is 4.39 Å². The molecule has 0 radical (unpaired) electrons. The van der Waals surface area contributed by atoms with Gasteiger partial charge in [0.1, 0.15) is 6.61 Å². The summed E-state index contributed by atoms with van der Waals surface area (Å²) >= 11 is 0. The van der Waals surface area contributed by atoms with Crippen LogP contribution in [-0.4, -0.2) is 17.7 Å². The van der Waals surface area contributed by atoms with Gasteiger partial charge >= 0.3 is 5.97 Å². The molecule has 3 nitrogen and oxygen atoms in total. The maximum atomic E-state index is 13.0. The molecule has 0 fully saturated rings. The van der Waals surface area contributed by atoms with Crippen molar-refractivity contribution in [2.45, 2.75) is 6.92 Å². The fourth-order valence-corrected chi connectivity index (χ4v) is 0.882. The van der Waals surface area contributed by atoms with Crippen LogP contribution in [0.3, 0.4) is 0 Å². The molecule has 0 heterocycles. The van der Waals surface area contributed by atoms with E-state index >= 15 is 0 Å². The lowest BCUT2D eigenvalue weighted by Crippen LogP contribution is -2.18. The third-order valence-electron chi connectivity index (χ3n) is 1.83. The van der Waals surface area contributed by atoms with Gasteiger partial charge in [0.05, 0.1) is 5.92 Å². The second-order valence-electron chi connectivity index (χ2n) is 3.10. The average molecular weight is 216 g/mol. The number of benzene rings is 1. The highest BCUT2D eigenvalue weighted by Crippen LogP contribution is 2.19. The summed E-state index contributed by atoms with van der Waals surface area (Å²) in [5.74, 6) is -4.21. The molecule has 0 bridgehead atoms. The van der Waals surface area contributed by atoms with Crippen molar-refractivity contribution in [3.05, 3.63) is 29.8 Å². The van der Waals surface area contributed by atoms with Gasteiger partial charge < -0.3 is 9.84 Å². The van der Waals surface area contributed by atoms with E-state index in [1.807, 2.05) is 0 Å². The highest BCUT2D eigenvalue weighted by Gasteiger charge is 2.14. The zero-order valence-corrected chi connectivity index (χ0v) is 8.04. The summed E-state index contributed by atoms with van der Waals surface area (Å²) in [6.45, 7) is 1.22. The Labute approximate surface area is 85.3 Å². The lowest BCUT2D eigenvalue weighted by atomic mass is 10.2. The van der Waals surface area contributed by atoms with E-state index in [1.54, 1.807) is 0 Å². The molecule has 1 atom stereocenters. The lowest BCUT2D eigenvalue weighted by Gasteiger charge is -2.09. The number of rotatable bonds is 4. The third-order valence-corrected chi connectivity index (χ3v) is 1.83. The third kappa shape index (κ3) is 2.90. The van der Waals surface area contributed by atoms with Crippen molar-refractivity contribution in [2.24, 2.45) is 5.92 Å². The summed E-state index contributed by atoms with van der Waals surface area (Å²) in [5.41, 5.74) is 0. The predicted molar refractivity (Wildman–Crippen MR) is 48.7 cm³/mol. The number of ether oxygens (including phenoxy) is 1. The minimum Gasteiger partial charge on any atom is -0.490 e. The van der Waals surface area contributed by atoms with Crippen molar-refractivity contribution in [3.8, 4) is 5.75 Å². The second-order valence-corrected chi connectivity index (χ2v) is 3.10. The van der Waals surface area contributed by atoms with Gasteiger partial charge in [0.25, 0.3) is 0 Å². The molecule has 82 valence electrons. The number of carboxylic acid groups (broad SMARTS) is 1. The summed E-state index contributed by atoms with van der Waals surface area (Å²) in [7, 11) is 0. The predicted octanol–water partition coefficient (Wildman–Crippen LogP) is 2.06. The minimum atomic E-state index is -1.10. The standard InChI is InChI=1S/C10H10F2O3/c1-6(10(13)14)5-15-8-4-2-3-7(11)9(8)12/h2-4,6H,5H2,1H3,(H,13,14). The van der Waals surface area contributed by atoms with Crippen LogP contribution < -0.4 is 4.74 Å². The van der Waals surface area contributed by atoms with Gasteiger partial charge in [-0.05, 0) is 19.1 Å². The van der Waals surface area contributed by atoms with Gasteiger partial charge in [0.15, 0.2) is 11.6 Å². The minimum absolute atomic E-state index is 0.199. The quantitative estimate of drug-likeness (QED) is 0.837. The smallest absolute Gasteiger partial charge is 0.309 e. The Kier molecular flexibility index (Phi) is 3.60. The highest BCUT2D eigenvalue weighted by atomic mass is 19.2. The van der Waals surface area contributed by atoms with Crippen molar-refractivity contribution in [2.75, 3.05) is 6.61 Å². The van der Waals surface area contributed by atoms with Crippen molar-refractivity contribution in [3.63, 3.8) is 0 Å². The van der Waals surface area contributed by atoms with E-state index < -0.39 is 23.5 Å². The Morgan fingerprint density at radius 1 is 1.53 bits per heavy atom. The number of hydrogen-bond acceptors (Lipinski definition) is 2. The fraction of sp³-hybridized carbons (Fsp3) is 0.300. The monoisotopic (exact) mass is 216 g/mol. The van der Waals surface area contributed by atoms with Crippen molar-refractivity contribution >= 4 is 5.97 Å². The van der Waals surface area contributed by atoms with Crippen LogP contribution in [0.15, 0.2) is 18.2 Å². The molecule has 1 N–H and O–H groups in total. The Morgan fingerprint density at radius 2 is 2.20 bits per heavy atom. The van der Waals surface area contributed by atoms with E-state index in [4.69, 9.17) is 9.84 Å². The van der Waals surface area contributed by atoms with E-state index in [-0.39, 0.29) is 12.4 Å². The number of aliphatic carboxylic acids is 1. The topological polar surface area (TPSA) is 46.5 Å². The molecule has 1 aromatic carbocycles. The highest BCUT2D eigenvalue weighted by molar-refractivity contribution is 5.69. The van der Waals surface area contributed by atoms with Gasteiger partial charge in [-0.15, -0.1) is 0 Å². The number of halogens is 2. The summed E-state index contributed by atoms with van der Waals surface area (Å²) in [6.07, 6.45) is 0. The van der Waals surface area contributed by atoms with E-state index in [1.165, 1.54) is 19.1 Å². The molecule has 5 heteroatoms. The largest absolute Gasteiger partial charge is 0.490 e. The van der Waals surface area contributed by atoms with Crippen LogP contribution in [0.25, 0.3) is 0 Å². The summed E-state index contributed by atoms with van der Waals surface area (Å²) in [5, 5.41) is 8.54. The molecule has 0 aliphatic carbocycles. The lowest BCUT2D eigenvalue weighted by molar-refractivity contribution is -0.142. The zero-order chi connectivity index (χ0) is 11.4. The molecule has 1 rings (SSSR count). The van der Waals surface area contributed by atoms with Crippen LogP contribution in [0.5, 0.6) is 5.75 Å². The van der Waals surface area contributed by atoms with Crippen molar-refractivity contribution in [1.82, 2.24) is 0 Å². The first-order valence-electron chi connectivity index (χ1n) is 4.32. The van der Waals surface area contributed by atoms with Crippen LogP contribution in [0.1, 0.15) is 6.92 Å². The molecule has 15 heavy (non-hydrogen) atoms. The summed E-state index contributed by atoms with van der Waals surface area (Å²) < 4.78 is 30.5. The number of carboxylic acids is 1. The first-order chi connectivity index (χ1) is 7.02. The van der Waals surface area contributed by atoms with Gasteiger partial charge in [-0.1, -0.05) is 6.07 Å². The molecular weight excluding hydrogens is 206 g/mol. The number of carbonyl (C=O) groups is 1. The second kappa shape index (κ2) is 4.72. The van der Waals surface area contributed by atoms with Crippen LogP contribution in [0.4, 0.5) is 8.78 Å². The first kappa shape index (κ1) is 11.4. The zero-order valence-electron chi connectivity index (χ0n) is 8.04. The van der Waals surface area contributed by atoms with Gasteiger partial charge in [-0.3, -0.25) is 4.79 Å². The SMILES string of the molecule is CC(COc1cccc(F)c1F)C(=O)O. The fourth-order valence-electron chi connectivity index (χ4n) is 0.882. The number of hydrogen-bond donors (Lipinski definition) is 1. The molecule has 0 aliphatic rings. The van der Waals surface area contributed by atoms with Crippen LogP contribution >= 0.6 is 0 Å². The van der Waals surface area contributed by atoms with E-state index in [0.29, 0.717) is 0 Å². The van der Waals surface area contributed by atoms with Crippen molar-refractivity contribution in [1.29, 1.82) is 0 Å². The Morgan fingerprint density at radius 3 is 2.80 bits per heavy atom. The maximum absolute atomic E-state index is 13.0. The van der Waals surface area contributed by atoms with E-state index in [0.717, 1.165) is 6.07 Å². The molecular formula is C10H10F2O3. The molecule has 0 aromatic heterocycles. The van der Waals surface area contributed by atoms with E-state index in [9.17, 15) is 13.6 Å². The Bertz CT molecular complexity index is 366. The summed E-state index contributed by atoms with van der Waals surface area (Å²) in [6, 6.07) is 3.50. The maximum Gasteiger partial charge on any atom is 0.309 e. The first-order valence-corrected chi connectivity index (χ1v) is 4.32. The Balaban J connectivity index is 2.66. The molecule has 0 spiro atoms. The Hall–Kier alpha value is -1.65. The van der Waals surface area contributed by atoms with Gasteiger partial charge in [-0.2, -0.15) is 4.39 Å². The summed E-state index contributed by atoms with van der Waals surface area (Å²) in [4.78, 5) is 10.4. The average Bonchev–Trinajstić information content (AvgIpc) is 2.19. The molecule has 0 saturated carbocycles. The van der Waals surface area contributed by atoms with E-state index in [2.05, 4.69) is 0 Å². The molecule has 0 amide bonds. The van der Waals surface area contributed by atoms with Crippen LogP contribution in [0, 0.1) is 17.6 Å². The molecule has 0 aliphatic heterocycles.